The topological polar surface area (TPSA) is 93.1 Å². The van der Waals surface area contributed by atoms with Gasteiger partial charge in [0.05, 0.1) is 18.8 Å². The number of hydrogen-bond donors (Lipinski definition) is 2. The summed E-state index contributed by atoms with van der Waals surface area (Å²) in [6, 6.07) is 5.10. The number of carbonyl (C=O) groups excluding carboxylic acids is 2. The first-order chi connectivity index (χ1) is 11.1. The zero-order chi connectivity index (χ0) is 17.1. The number of esters is 2. The Kier molecular flexibility index (Phi) is 8.34. The second-order valence-electron chi connectivity index (χ2n) is 4.54. The van der Waals surface area contributed by atoms with Crippen LogP contribution in [0.4, 0.5) is 0 Å². The summed E-state index contributed by atoms with van der Waals surface area (Å²) in [5, 5.41) is 17.2. The molecule has 124 valence electrons. The SMILES string of the molecule is Cc1ccc(C(=O)OCCO)cc1/C=C\C=C\C(=O)OCCO. The van der Waals surface area contributed by atoms with E-state index < -0.39 is 11.9 Å². The number of aryl methyl sites for hydroxylation is 1. The molecule has 23 heavy (non-hydrogen) atoms. The predicted octanol–water partition coefficient (Wildman–Crippen LogP) is 1.25. The Morgan fingerprint density at radius 3 is 2.48 bits per heavy atom. The lowest BCUT2D eigenvalue weighted by Gasteiger charge is -2.05. The molecule has 6 nitrogen and oxygen atoms in total. The van der Waals surface area contributed by atoms with Crippen LogP contribution >= 0.6 is 0 Å². The molecule has 0 amide bonds. The normalized spacial score (nSPS) is 11.1. The summed E-state index contributed by atoms with van der Waals surface area (Å²) >= 11 is 0. The molecule has 0 spiro atoms. The van der Waals surface area contributed by atoms with Crippen LogP contribution in [0.5, 0.6) is 0 Å². The summed E-state index contributed by atoms with van der Waals surface area (Å²) in [5.41, 5.74) is 2.14. The molecule has 0 atom stereocenters. The molecule has 0 aromatic heterocycles. The van der Waals surface area contributed by atoms with Crippen molar-refractivity contribution in [2.75, 3.05) is 26.4 Å². The van der Waals surface area contributed by atoms with Gasteiger partial charge < -0.3 is 19.7 Å². The smallest absolute Gasteiger partial charge is 0.338 e. The molecule has 1 aromatic rings. The summed E-state index contributed by atoms with van der Waals surface area (Å²) in [6.45, 7) is 1.37. The zero-order valence-electron chi connectivity index (χ0n) is 12.9. The molecule has 0 fully saturated rings. The number of rotatable bonds is 8. The standard InChI is InChI=1S/C17H20O6/c1-13-6-7-15(17(21)23-11-9-19)12-14(13)4-2-3-5-16(20)22-10-8-18/h2-7,12,18-19H,8-11H2,1H3/b4-2-,5-3+. The highest BCUT2D eigenvalue weighted by Gasteiger charge is 2.08. The number of aliphatic hydroxyl groups is 2. The van der Waals surface area contributed by atoms with E-state index in [4.69, 9.17) is 14.9 Å². The van der Waals surface area contributed by atoms with Crippen LogP contribution in [0, 0.1) is 6.92 Å². The molecular weight excluding hydrogens is 300 g/mol. The quantitative estimate of drug-likeness (QED) is 0.425. The Labute approximate surface area is 134 Å². The number of hydrogen-bond acceptors (Lipinski definition) is 6. The number of allylic oxidation sites excluding steroid dienone is 2. The third-order valence-corrected chi connectivity index (χ3v) is 2.79. The van der Waals surface area contributed by atoms with Crippen LogP contribution in [0.15, 0.2) is 36.4 Å². The fourth-order valence-corrected chi connectivity index (χ4v) is 1.66. The molecule has 1 rings (SSSR count). The molecule has 0 bridgehead atoms. The summed E-state index contributed by atoms with van der Waals surface area (Å²) < 4.78 is 9.52. The van der Waals surface area contributed by atoms with Crippen molar-refractivity contribution in [3.05, 3.63) is 53.1 Å². The highest BCUT2D eigenvalue weighted by atomic mass is 16.5. The summed E-state index contributed by atoms with van der Waals surface area (Å²) in [7, 11) is 0. The zero-order valence-corrected chi connectivity index (χ0v) is 12.9. The van der Waals surface area contributed by atoms with Crippen molar-refractivity contribution in [3.63, 3.8) is 0 Å². The van der Waals surface area contributed by atoms with Crippen molar-refractivity contribution < 1.29 is 29.3 Å². The second-order valence-corrected chi connectivity index (χ2v) is 4.54. The fraction of sp³-hybridized carbons (Fsp3) is 0.294. The Bertz CT molecular complexity index is 589. The van der Waals surface area contributed by atoms with Crippen molar-refractivity contribution >= 4 is 18.0 Å². The van der Waals surface area contributed by atoms with E-state index in [1.165, 1.54) is 12.2 Å². The Morgan fingerprint density at radius 1 is 1.09 bits per heavy atom. The van der Waals surface area contributed by atoms with Crippen LogP contribution in [-0.4, -0.2) is 48.6 Å². The van der Waals surface area contributed by atoms with Crippen LogP contribution in [0.2, 0.25) is 0 Å². The van der Waals surface area contributed by atoms with E-state index in [9.17, 15) is 9.59 Å². The van der Waals surface area contributed by atoms with Crippen LogP contribution in [0.1, 0.15) is 21.5 Å². The first kappa shape index (κ1) is 18.6. The molecule has 0 aliphatic carbocycles. The lowest BCUT2D eigenvalue weighted by Crippen LogP contribution is -2.09. The number of carbonyl (C=O) groups is 2. The molecule has 0 saturated heterocycles. The summed E-state index contributed by atoms with van der Waals surface area (Å²) in [5.74, 6) is -1.04. The van der Waals surface area contributed by atoms with E-state index >= 15 is 0 Å². The average Bonchev–Trinajstić information content (AvgIpc) is 2.56. The first-order valence-electron chi connectivity index (χ1n) is 7.09. The third-order valence-electron chi connectivity index (χ3n) is 2.79. The minimum Gasteiger partial charge on any atom is -0.460 e. The Balaban J connectivity index is 2.72. The van der Waals surface area contributed by atoms with E-state index in [2.05, 4.69) is 4.74 Å². The van der Waals surface area contributed by atoms with Gasteiger partial charge in [-0.3, -0.25) is 0 Å². The maximum Gasteiger partial charge on any atom is 0.338 e. The van der Waals surface area contributed by atoms with E-state index in [0.29, 0.717) is 5.56 Å². The van der Waals surface area contributed by atoms with Gasteiger partial charge in [0.2, 0.25) is 0 Å². The van der Waals surface area contributed by atoms with Gasteiger partial charge in [0.25, 0.3) is 0 Å². The van der Waals surface area contributed by atoms with Gasteiger partial charge in [-0.25, -0.2) is 9.59 Å². The van der Waals surface area contributed by atoms with Crippen molar-refractivity contribution in [1.82, 2.24) is 0 Å². The number of benzene rings is 1. The van der Waals surface area contributed by atoms with Crippen molar-refractivity contribution in [2.45, 2.75) is 6.92 Å². The van der Waals surface area contributed by atoms with Gasteiger partial charge >= 0.3 is 11.9 Å². The molecule has 0 heterocycles. The van der Waals surface area contributed by atoms with Gasteiger partial charge in [-0.1, -0.05) is 24.3 Å². The van der Waals surface area contributed by atoms with Crippen molar-refractivity contribution in [3.8, 4) is 0 Å². The lowest BCUT2D eigenvalue weighted by atomic mass is 10.0. The molecule has 0 aliphatic heterocycles. The predicted molar refractivity (Wildman–Crippen MR) is 84.8 cm³/mol. The van der Waals surface area contributed by atoms with Gasteiger partial charge in [-0.05, 0) is 30.2 Å². The molecule has 0 unspecified atom stereocenters. The molecular formula is C17H20O6. The van der Waals surface area contributed by atoms with Crippen LogP contribution < -0.4 is 0 Å². The van der Waals surface area contributed by atoms with Crippen molar-refractivity contribution in [2.24, 2.45) is 0 Å². The van der Waals surface area contributed by atoms with Crippen LogP contribution in [0.25, 0.3) is 6.08 Å². The lowest BCUT2D eigenvalue weighted by molar-refractivity contribution is -0.138. The van der Waals surface area contributed by atoms with E-state index in [1.54, 1.807) is 30.4 Å². The molecule has 0 radical (unpaired) electrons. The molecule has 2 N–H and O–H groups in total. The maximum atomic E-state index is 11.7. The van der Waals surface area contributed by atoms with Crippen molar-refractivity contribution in [1.29, 1.82) is 0 Å². The molecule has 6 heteroatoms. The Hall–Kier alpha value is -2.44. The third kappa shape index (κ3) is 6.90. The average molecular weight is 320 g/mol. The van der Waals surface area contributed by atoms with E-state index in [-0.39, 0.29) is 26.4 Å². The number of aliphatic hydroxyl groups excluding tert-OH is 2. The Morgan fingerprint density at radius 2 is 1.78 bits per heavy atom. The molecule has 0 aliphatic rings. The fourth-order valence-electron chi connectivity index (χ4n) is 1.66. The minimum atomic E-state index is -0.540. The van der Waals surface area contributed by atoms with E-state index in [0.717, 1.165) is 11.1 Å². The largest absolute Gasteiger partial charge is 0.460 e. The number of ether oxygens (including phenoxy) is 2. The molecule has 1 aromatic carbocycles. The van der Waals surface area contributed by atoms with Gasteiger partial charge in [0.15, 0.2) is 0 Å². The van der Waals surface area contributed by atoms with E-state index in [1.807, 2.05) is 6.92 Å². The van der Waals surface area contributed by atoms with Gasteiger partial charge in [-0.2, -0.15) is 0 Å². The maximum absolute atomic E-state index is 11.7. The van der Waals surface area contributed by atoms with Crippen LogP contribution in [-0.2, 0) is 14.3 Å². The monoisotopic (exact) mass is 320 g/mol. The molecule has 0 saturated carbocycles. The van der Waals surface area contributed by atoms with Gasteiger partial charge in [-0.15, -0.1) is 0 Å². The van der Waals surface area contributed by atoms with Crippen LogP contribution in [0.3, 0.4) is 0 Å². The van der Waals surface area contributed by atoms with Gasteiger partial charge in [0, 0.05) is 6.08 Å². The highest BCUT2D eigenvalue weighted by Crippen LogP contribution is 2.14. The van der Waals surface area contributed by atoms with Gasteiger partial charge in [0.1, 0.15) is 13.2 Å². The highest BCUT2D eigenvalue weighted by molar-refractivity contribution is 5.90. The summed E-state index contributed by atoms with van der Waals surface area (Å²) in [6.07, 6.45) is 6.14. The minimum absolute atomic E-state index is 0.0377. The summed E-state index contributed by atoms with van der Waals surface area (Å²) in [4.78, 5) is 22.9. The first-order valence-corrected chi connectivity index (χ1v) is 7.09. The second kappa shape index (κ2) is 10.3.